The van der Waals surface area contributed by atoms with Gasteiger partial charge in [-0.25, -0.2) is 4.79 Å². The molecule has 0 aliphatic carbocycles. The van der Waals surface area contributed by atoms with Gasteiger partial charge in [0.25, 0.3) is 0 Å². The number of aliphatic hydroxyl groups is 1. The summed E-state index contributed by atoms with van der Waals surface area (Å²) in [6.45, 7) is 2.30. The summed E-state index contributed by atoms with van der Waals surface area (Å²) in [6, 6.07) is 1.65. The summed E-state index contributed by atoms with van der Waals surface area (Å²) in [4.78, 5) is 13.0. The minimum absolute atomic E-state index is 0.0254. The van der Waals surface area contributed by atoms with Crippen LogP contribution in [0.25, 0.3) is 0 Å². The highest BCUT2D eigenvalue weighted by Gasteiger charge is 2.13. The van der Waals surface area contributed by atoms with Crippen LogP contribution in [0.2, 0.25) is 0 Å². The first kappa shape index (κ1) is 12.0. The Morgan fingerprint density at radius 2 is 2.47 bits per heavy atom. The number of hydrogen-bond acceptors (Lipinski definition) is 3. The second-order valence-corrected chi connectivity index (χ2v) is 4.21. The Morgan fingerprint density at radius 3 is 3.00 bits per heavy atom. The first-order valence-electron chi connectivity index (χ1n) is 4.77. The highest BCUT2D eigenvalue weighted by atomic mass is 32.1. The molecule has 1 atom stereocenters. The lowest BCUT2D eigenvalue weighted by Crippen LogP contribution is -2.43. The first-order valence-corrected chi connectivity index (χ1v) is 5.72. The fourth-order valence-corrected chi connectivity index (χ4v) is 1.69. The predicted molar refractivity (Wildman–Crippen MR) is 60.9 cm³/mol. The van der Waals surface area contributed by atoms with Crippen LogP contribution < -0.4 is 5.32 Å². The number of likely N-dealkylation sites (N-methyl/N-ethyl adjacent to an activating group) is 1. The summed E-state index contributed by atoms with van der Waals surface area (Å²) in [7, 11) is 1.67. The average molecular weight is 228 g/mol. The quantitative estimate of drug-likeness (QED) is 0.815. The molecule has 15 heavy (non-hydrogen) atoms. The van der Waals surface area contributed by atoms with Gasteiger partial charge in [-0.05, 0) is 29.3 Å². The molecule has 0 saturated heterocycles. The largest absolute Gasteiger partial charge is 0.394 e. The fourth-order valence-electron chi connectivity index (χ4n) is 1.02. The summed E-state index contributed by atoms with van der Waals surface area (Å²) in [5, 5.41) is 15.6. The molecule has 0 bridgehead atoms. The molecule has 1 heterocycles. The standard InChI is InChI=1S/C10H16N2O2S/c1-8(6-13)12(2)10(14)11-5-9-3-4-15-7-9/h3-4,7-8,13H,5-6H2,1-2H3,(H,11,14). The third-order valence-electron chi connectivity index (χ3n) is 2.27. The summed E-state index contributed by atoms with van der Waals surface area (Å²) < 4.78 is 0. The van der Waals surface area contributed by atoms with Crippen molar-refractivity contribution in [1.82, 2.24) is 10.2 Å². The van der Waals surface area contributed by atoms with Gasteiger partial charge >= 0.3 is 6.03 Å². The first-order chi connectivity index (χ1) is 7.15. The molecule has 2 amide bonds. The van der Waals surface area contributed by atoms with E-state index in [1.165, 1.54) is 4.90 Å². The number of carbonyl (C=O) groups is 1. The summed E-state index contributed by atoms with van der Waals surface area (Å²) in [5.41, 5.74) is 1.10. The number of rotatable bonds is 4. The normalized spacial score (nSPS) is 12.2. The number of nitrogens with zero attached hydrogens (tertiary/aromatic N) is 1. The molecular weight excluding hydrogens is 212 g/mol. The molecule has 5 heteroatoms. The van der Waals surface area contributed by atoms with E-state index < -0.39 is 0 Å². The van der Waals surface area contributed by atoms with Gasteiger partial charge < -0.3 is 15.3 Å². The van der Waals surface area contributed by atoms with Crippen molar-refractivity contribution >= 4 is 17.4 Å². The smallest absolute Gasteiger partial charge is 0.317 e. The molecular formula is C10H16N2O2S. The van der Waals surface area contributed by atoms with Gasteiger partial charge in [0.05, 0.1) is 12.6 Å². The van der Waals surface area contributed by atoms with Crippen LogP contribution in [-0.4, -0.2) is 35.7 Å². The molecule has 0 radical (unpaired) electrons. The molecule has 0 fully saturated rings. The van der Waals surface area contributed by atoms with Crippen LogP contribution in [0.3, 0.4) is 0 Å². The van der Waals surface area contributed by atoms with E-state index in [2.05, 4.69) is 5.32 Å². The highest BCUT2D eigenvalue weighted by Crippen LogP contribution is 2.05. The Bertz CT molecular complexity index is 300. The molecule has 0 saturated carbocycles. The lowest BCUT2D eigenvalue weighted by Gasteiger charge is -2.23. The maximum absolute atomic E-state index is 11.5. The maximum atomic E-state index is 11.5. The van der Waals surface area contributed by atoms with E-state index in [-0.39, 0.29) is 18.7 Å². The topological polar surface area (TPSA) is 52.6 Å². The molecule has 0 aliphatic heterocycles. The fraction of sp³-hybridized carbons (Fsp3) is 0.500. The van der Waals surface area contributed by atoms with Crippen molar-refractivity contribution in [3.05, 3.63) is 22.4 Å². The van der Waals surface area contributed by atoms with Gasteiger partial charge in [0, 0.05) is 13.6 Å². The molecule has 1 unspecified atom stereocenters. The van der Waals surface area contributed by atoms with E-state index in [1.807, 2.05) is 16.8 Å². The number of urea groups is 1. The second-order valence-electron chi connectivity index (χ2n) is 3.43. The van der Waals surface area contributed by atoms with E-state index in [4.69, 9.17) is 5.11 Å². The number of nitrogens with one attached hydrogen (secondary N) is 1. The SMILES string of the molecule is CC(CO)N(C)C(=O)NCc1ccsc1. The van der Waals surface area contributed by atoms with Crippen LogP contribution in [0.15, 0.2) is 16.8 Å². The Kier molecular flexibility index (Phi) is 4.58. The summed E-state index contributed by atoms with van der Waals surface area (Å²) in [5.74, 6) is 0. The van der Waals surface area contributed by atoms with E-state index in [1.54, 1.807) is 25.3 Å². The van der Waals surface area contributed by atoms with Gasteiger partial charge in [0.15, 0.2) is 0 Å². The third kappa shape index (κ3) is 3.53. The van der Waals surface area contributed by atoms with Gasteiger partial charge in [-0.15, -0.1) is 0 Å². The van der Waals surface area contributed by atoms with Crippen molar-refractivity contribution in [2.75, 3.05) is 13.7 Å². The van der Waals surface area contributed by atoms with Crippen molar-refractivity contribution in [3.8, 4) is 0 Å². The van der Waals surface area contributed by atoms with Crippen molar-refractivity contribution in [3.63, 3.8) is 0 Å². The molecule has 4 nitrogen and oxygen atoms in total. The molecule has 1 rings (SSSR count). The van der Waals surface area contributed by atoms with Gasteiger partial charge in [-0.3, -0.25) is 0 Å². The predicted octanol–water partition coefficient (Wildman–Crippen LogP) is 1.27. The Balaban J connectivity index is 2.36. The molecule has 2 N–H and O–H groups in total. The number of carbonyl (C=O) groups excluding carboxylic acids is 1. The molecule has 84 valence electrons. The van der Waals surface area contributed by atoms with E-state index in [0.29, 0.717) is 6.54 Å². The van der Waals surface area contributed by atoms with Crippen LogP contribution >= 0.6 is 11.3 Å². The summed E-state index contributed by atoms with van der Waals surface area (Å²) >= 11 is 1.61. The lowest BCUT2D eigenvalue weighted by molar-refractivity contribution is 0.157. The Labute approximate surface area is 93.5 Å². The molecule has 1 aromatic rings. The number of aliphatic hydroxyl groups excluding tert-OH is 1. The van der Waals surface area contributed by atoms with Crippen LogP contribution in [0.1, 0.15) is 12.5 Å². The average Bonchev–Trinajstić information content (AvgIpc) is 2.76. The zero-order valence-corrected chi connectivity index (χ0v) is 9.75. The minimum Gasteiger partial charge on any atom is -0.394 e. The van der Waals surface area contributed by atoms with E-state index >= 15 is 0 Å². The molecule has 1 aromatic heterocycles. The van der Waals surface area contributed by atoms with E-state index in [0.717, 1.165) is 5.56 Å². The van der Waals surface area contributed by atoms with Gasteiger partial charge in [-0.1, -0.05) is 0 Å². The third-order valence-corrected chi connectivity index (χ3v) is 3.00. The van der Waals surface area contributed by atoms with Gasteiger partial charge in [0.1, 0.15) is 0 Å². The van der Waals surface area contributed by atoms with Gasteiger partial charge in [0.2, 0.25) is 0 Å². The second kappa shape index (κ2) is 5.72. The van der Waals surface area contributed by atoms with Gasteiger partial charge in [-0.2, -0.15) is 11.3 Å². The maximum Gasteiger partial charge on any atom is 0.317 e. The molecule has 0 aromatic carbocycles. The van der Waals surface area contributed by atoms with Crippen LogP contribution in [0, 0.1) is 0 Å². The minimum atomic E-state index is -0.164. The van der Waals surface area contributed by atoms with Crippen molar-refractivity contribution in [2.45, 2.75) is 19.5 Å². The number of amides is 2. The van der Waals surface area contributed by atoms with Crippen LogP contribution in [-0.2, 0) is 6.54 Å². The molecule has 0 aliphatic rings. The summed E-state index contributed by atoms with van der Waals surface area (Å²) in [6.07, 6.45) is 0. The van der Waals surface area contributed by atoms with Crippen molar-refractivity contribution < 1.29 is 9.90 Å². The number of thiophene rings is 1. The van der Waals surface area contributed by atoms with Crippen molar-refractivity contribution in [1.29, 1.82) is 0 Å². The monoisotopic (exact) mass is 228 g/mol. The zero-order valence-electron chi connectivity index (χ0n) is 8.93. The number of hydrogen-bond donors (Lipinski definition) is 2. The van der Waals surface area contributed by atoms with Crippen LogP contribution in [0.4, 0.5) is 4.79 Å². The Morgan fingerprint density at radius 1 is 1.73 bits per heavy atom. The van der Waals surface area contributed by atoms with E-state index in [9.17, 15) is 4.79 Å². The van der Waals surface area contributed by atoms with Crippen LogP contribution in [0.5, 0.6) is 0 Å². The lowest BCUT2D eigenvalue weighted by atomic mass is 10.3. The Hall–Kier alpha value is -1.07. The molecule has 0 spiro atoms. The van der Waals surface area contributed by atoms with Crippen molar-refractivity contribution in [2.24, 2.45) is 0 Å². The highest BCUT2D eigenvalue weighted by molar-refractivity contribution is 7.07. The zero-order chi connectivity index (χ0) is 11.3.